The van der Waals surface area contributed by atoms with Gasteiger partial charge in [-0.25, -0.2) is 0 Å². The predicted octanol–water partition coefficient (Wildman–Crippen LogP) is 3.91. The number of ether oxygens (including phenoxy) is 1. The molecule has 1 fully saturated rings. The summed E-state index contributed by atoms with van der Waals surface area (Å²) in [6, 6.07) is 24.0. The molecule has 1 N–H and O–H groups in total. The zero-order valence-corrected chi connectivity index (χ0v) is 20.6. The van der Waals surface area contributed by atoms with Gasteiger partial charge in [-0.2, -0.15) is 5.10 Å². The fraction of sp³-hybridized carbons (Fsp3) is 0.207. The highest BCUT2D eigenvalue weighted by atomic mass is 16.5. The third-order valence-electron chi connectivity index (χ3n) is 6.51. The summed E-state index contributed by atoms with van der Waals surface area (Å²) in [4.78, 5) is 30.0. The molecule has 1 aliphatic rings. The number of hydrogen-bond donors (Lipinski definition) is 1. The number of phenolic OH excluding ortho intramolecular Hbond substituents is 1. The van der Waals surface area contributed by atoms with Crippen molar-refractivity contribution < 1.29 is 19.4 Å². The summed E-state index contributed by atoms with van der Waals surface area (Å²) in [5.41, 5.74) is 3.24. The molecule has 0 radical (unpaired) electrons. The van der Waals surface area contributed by atoms with Crippen LogP contribution in [0.2, 0.25) is 0 Å². The fourth-order valence-corrected chi connectivity index (χ4v) is 4.52. The highest BCUT2D eigenvalue weighted by Gasteiger charge is 2.29. The van der Waals surface area contributed by atoms with Gasteiger partial charge in [0, 0.05) is 37.9 Å². The Morgan fingerprint density at radius 3 is 2.16 bits per heavy atom. The lowest BCUT2D eigenvalue weighted by atomic mass is 10.1. The van der Waals surface area contributed by atoms with E-state index in [0.29, 0.717) is 49.7 Å². The largest absolute Gasteiger partial charge is 0.507 e. The quantitative estimate of drug-likeness (QED) is 0.437. The molecule has 3 aromatic carbocycles. The Balaban J connectivity index is 1.38. The number of piperazine rings is 1. The summed E-state index contributed by atoms with van der Waals surface area (Å²) in [6.07, 6.45) is 1.80. The minimum atomic E-state index is -0.238. The van der Waals surface area contributed by atoms with Gasteiger partial charge in [0.1, 0.15) is 17.2 Å². The van der Waals surface area contributed by atoms with Gasteiger partial charge in [-0.15, -0.1) is 0 Å². The van der Waals surface area contributed by atoms with Crippen LogP contribution in [0.25, 0.3) is 11.3 Å². The summed E-state index contributed by atoms with van der Waals surface area (Å²) >= 11 is 0. The van der Waals surface area contributed by atoms with Crippen molar-refractivity contribution in [1.29, 1.82) is 0 Å². The molecule has 0 aliphatic carbocycles. The Hall–Kier alpha value is -4.59. The Bertz CT molecular complexity index is 1410. The van der Waals surface area contributed by atoms with Crippen LogP contribution in [0, 0.1) is 0 Å². The number of aromatic nitrogens is 2. The first-order valence-corrected chi connectivity index (χ1v) is 12.2. The van der Waals surface area contributed by atoms with Crippen LogP contribution in [-0.4, -0.2) is 69.8 Å². The normalized spacial score (nSPS) is 13.4. The second kappa shape index (κ2) is 10.6. The molecule has 0 atom stereocenters. The molecule has 0 bridgehead atoms. The van der Waals surface area contributed by atoms with Crippen molar-refractivity contribution in [2.45, 2.75) is 6.54 Å². The molecule has 1 aliphatic heterocycles. The van der Waals surface area contributed by atoms with Gasteiger partial charge in [-0.05, 0) is 29.8 Å². The fourth-order valence-electron chi connectivity index (χ4n) is 4.52. The highest BCUT2D eigenvalue weighted by molar-refractivity contribution is 6.00. The number of amides is 2. The topological polar surface area (TPSA) is 87.9 Å². The maximum atomic E-state index is 13.7. The van der Waals surface area contributed by atoms with Crippen LogP contribution in [0.3, 0.4) is 0 Å². The van der Waals surface area contributed by atoms with E-state index in [0.717, 1.165) is 11.1 Å². The molecule has 1 saturated heterocycles. The second-order valence-electron chi connectivity index (χ2n) is 8.91. The first kappa shape index (κ1) is 24.1. The van der Waals surface area contributed by atoms with Crippen LogP contribution in [0.15, 0.2) is 85.1 Å². The van der Waals surface area contributed by atoms with Gasteiger partial charge in [-0.1, -0.05) is 54.6 Å². The van der Waals surface area contributed by atoms with Gasteiger partial charge in [0.2, 0.25) is 0 Å². The smallest absolute Gasteiger partial charge is 0.257 e. The molecule has 0 unspecified atom stereocenters. The van der Waals surface area contributed by atoms with E-state index in [1.165, 1.54) is 6.07 Å². The number of methoxy groups -OCH3 is 1. The van der Waals surface area contributed by atoms with Gasteiger partial charge in [0.05, 0.1) is 24.8 Å². The van der Waals surface area contributed by atoms with Crippen LogP contribution in [-0.2, 0) is 6.54 Å². The number of aromatic hydroxyl groups is 1. The van der Waals surface area contributed by atoms with Gasteiger partial charge in [-0.3, -0.25) is 14.3 Å². The second-order valence-corrected chi connectivity index (χ2v) is 8.91. The molecule has 8 nitrogen and oxygen atoms in total. The molecule has 0 spiro atoms. The van der Waals surface area contributed by atoms with E-state index in [9.17, 15) is 14.7 Å². The Kier molecular flexibility index (Phi) is 6.89. The molecular formula is C29H28N4O4. The van der Waals surface area contributed by atoms with Crippen LogP contribution >= 0.6 is 0 Å². The zero-order valence-electron chi connectivity index (χ0n) is 20.6. The van der Waals surface area contributed by atoms with Crippen LogP contribution in [0.4, 0.5) is 0 Å². The Morgan fingerprint density at radius 2 is 1.49 bits per heavy atom. The molecule has 0 saturated carbocycles. The number of carbonyl (C=O) groups excluding carboxylic acids is 2. The van der Waals surface area contributed by atoms with Crippen LogP contribution in [0.5, 0.6) is 11.5 Å². The Morgan fingerprint density at radius 1 is 0.838 bits per heavy atom. The minimum Gasteiger partial charge on any atom is -0.507 e. The number of benzene rings is 3. The molecule has 188 valence electrons. The van der Waals surface area contributed by atoms with Crippen molar-refractivity contribution in [3.63, 3.8) is 0 Å². The average Bonchev–Trinajstić information content (AvgIpc) is 3.37. The van der Waals surface area contributed by atoms with E-state index in [2.05, 4.69) is 0 Å². The predicted molar refractivity (Wildman–Crippen MR) is 140 cm³/mol. The van der Waals surface area contributed by atoms with E-state index < -0.39 is 0 Å². The molecule has 5 rings (SSSR count). The number of phenols is 1. The lowest BCUT2D eigenvalue weighted by Gasteiger charge is -2.34. The van der Waals surface area contributed by atoms with Gasteiger partial charge in [0.25, 0.3) is 11.8 Å². The molecule has 8 heteroatoms. The highest BCUT2D eigenvalue weighted by Crippen LogP contribution is 2.28. The molecule has 37 heavy (non-hydrogen) atoms. The molecule has 2 amide bonds. The summed E-state index contributed by atoms with van der Waals surface area (Å²) in [7, 11) is 1.61. The van der Waals surface area contributed by atoms with Crippen molar-refractivity contribution in [2.75, 3.05) is 33.3 Å². The lowest BCUT2D eigenvalue weighted by Crippen LogP contribution is -2.50. The lowest BCUT2D eigenvalue weighted by molar-refractivity contribution is 0.0534. The monoisotopic (exact) mass is 496 g/mol. The van der Waals surface area contributed by atoms with Crippen molar-refractivity contribution in [1.82, 2.24) is 19.6 Å². The maximum absolute atomic E-state index is 13.7. The van der Waals surface area contributed by atoms with Crippen LogP contribution < -0.4 is 4.74 Å². The first-order chi connectivity index (χ1) is 18.0. The van der Waals surface area contributed by atoms with Gasteiger partial charge in [0.15, 0.2) is 0 Å². The maximum Gasteiger partial charge on any atom is 0.257 e. The Labute approximate surface area is 215 Å². The first-order valence-electron chi connectivity index (χ1n) is 12.2. The van der Waals surface area contributed by atoms with E-state index in [1.807, 2.05) is 54.6 Å². The average molecular weight is 497 g/mol. The number of carbonyl (C=O) groups is 2. The van der Waals surface area contributed by atoms with Crippen molar-refractivity contribution in [2.24, 2.45) is 0 Å². The van der Waals surface area contributed by atoms with Gasteiger partial charge < -0.3 is 19.6 Å². The molecule has 4 aromatic rings. The molecule has 1 aromatic heterocycles. The number of hydrogen-bond acceptors (Lipinski definition) is 5. The summed E-state index contributed by atoms with van der Waals surface area (Å²) in [5.74, 6) is 0.273. The number of para-hydroxylation sites is 1. The van der Waals surface area contributed by atoms with Gasteiger partial charge >= 0.3 is 0 Å². The van der Waals surface area contributed by atoms with E-state index in [1.54, 1.807) is 46.0 Å². The van der Waals surface area contributed by atoms with Crippen LogP contribution in [0.1, 0.15) is 26.3 Å². The van der Waals surface area contributed by atoms with E-state index in [-0.39, 0.29) is 23.1 Å². The summed E-state index contributed by atoms with van der Waals surface area (Å²) in [5, 5.41) is 14.8. The standard InChI is InChI=1S/C29H28N4O4/c1-37-23-11-7-10-22(18-23)27-25(20-33(30-27)19-21-8-3-2-4-9-21)29(36)32-16-14-31(15-17-32)28(35)24-12-5-6-13-26(24)34/h2-13,18,20,34H,14-17,19H2,1H3. The van der Waals surface area contributed by atoms with Crippen molar-refractivity contribution >= 4 is 11.8 Å². The summed E-state index contributed by atoms with van der Waals surface area (Å²) in [6.45, 7) is 2.07. The van der Waals surface area contributed by atoms with Crippen molar-refractivity contribution in [3.8, 4) is 22.8 Å². The third kappa shape index (κ3) is 5.18. The minimum absolute atomic E-state index is 0.0419. The summed E-state index contributed by atoms with van der Waals surface area (Å²) < 4.78 is 7.18. The zero-order chi connectivity index (χ0) is 25.8. The molecule has 2 heterocycles. The van der Waals surface area contributed by atoms with Crippen molar-refractivity contribution in [3.05, 3.63) is 102 Å². The SMILES string of the molecule is COc1cccc(-c2nn(Cc3ccccc3)cc2C(=O)N2CCN(C(=O)c3ccccc3O)CC2)c1. The third-order valence-corrected chi connectivity index (χ3v) is 6.51. The molecular weight excluding hydrogens is 468 g/mol. The number of nitrogens with zero attached hydrogens (tertiary/aromatic N) is 4. The van der Waals surface area contributed by atoms with E-state index >= 15 is 0 Å². The number of rotatable bonds is 6. The van der Waals surface area contributed by atoms with E-state index in [4.69, 9.17) is 9.84 Å².